The highest BCUT2D eigenvalue weighted by Crippen LogP contribution is 2.19. The number of rotatable bonds is 7. The summed E-state index contributed by atoms with van der Waals surface area (Å²) in [6.07, 6.45) is 3.73. The van der Waals surface area contributed by atoms with E-state index in [1.807, 2.05) is 31.2 Å². The van der Waals surface area contributed by atoms with E-state index < -0.39 is 10.2 Å². The normalized spacial score (nSPS) is 11.7. The van der Waals surface area contributed by atoms with E-state index >= 15 is 0 Å². The van der Waals surface area contributed by atoms with Crippen molar-refractivity contribution in [3.05, 3.63) is 42.4 Å². The summed E-state index contributed by atoms with van der Waals surface area (Å²) in [5, 5.41) is 0. The van der Waals surface area contributed by atoms with Crippen molar-refractivity contribution in [3.8, 4) is 11.3 Å². The SMILES string of the molecule is CCCNS(=O)(=O)NCc1cccc(-c2cnco2)c1. The average molecular weight is 295 g/mol. The highest BCUT2D eigenvalue weighted by atomic mass is 32.2. The molecule has 6 nitrogen and oxygen atoms in total. The Labute approximate surface area is 118 Å². The first kappa shape index (κ1) is 14.7. The first-order valence-corrected chi connectivity index (χ1v) is 7.81. The number of nitrogens with zero attached hydrogens (tertiary/aromatic N) is 1. The fourth-order valence-corrected chi connectivity index (χ4v) is 2.59. The minimum atomic E-state index is -3.44. The molecule has 0 spiro atoms. The van der Waals surface area contributed by atoms with Crippen molar-refractivity contribution in [1.29, 1.82) is 0 Å². The largest absolute Gasteiger partial charge is 0.444 e. The molecule has 7 heteroatoms. The van der Waals surface area contributed by atoms with Gasteiger partial charge in [0.15, 0.2) is 12.2 Å². The van der Waals surface area contributed by atoms with Gasteiger partial charge in [-0.2, -0.15) is 13.1 Å². The fourth-order valence-electron chi connectivity index (χ4n) is 1.66. The van der Waals surface area contributed by atoms with Gasteiger partial charge < -0.3 is 4.42 Å². The Morgan fingerprint density at radius 3 is 2.85 bits per heavy atom. The summed E-state index contributed by atoms with van der Waals surface area (Å²) in [7, 11) is -3.44. The zero-order valence-corrected chi connectivity index (χ0v) is 12.0. The van der Waals surface area contributed by atoms with Gasteiger partial charge in [-0.1, -0.05) is 25.1 Å². The summed E-state index contributed by atoms with van der Waals surface area (Å²) < 4.78 is 33.4. The molecule has 2 N–H and O–H groups in total. The van der Waals surface area contributed by atoms with E-state index in [9.17, 15) is 8.42 Å². The Balaban J connectivity index is 2.02. The molecule has 0 amide bonds. The van der Waals surface area contributed by atoms with Crippen LogP contribution in [0.15, 0.2) is 41.3 Å². The van der Waals surface area contributed by atoms with Crippen LogP contribution in [0.4, 0.5) is 0 Å². The van der Waals surface area contributed by atoms with Crippen LogP contribution in [0.3, 0.4) is 0 Å². The van der Waals surface area contributed by atoms with Gasteiger partial charge in [-0.3, -0.25) is 0 Å². The molecule has 108 valence electrons. The minimum absolute atomic E-state index is 0.223. The Morgan fingerprint density at radius 2 is 2.15 bits per heavy atom. The Hall–Kier alpha value is -1.70. The molecule has 0 aliphatic carbocycles. The number of oxazole rings is 1. The summed E-state index contributed by atoms with van der Waals surface area (Å²) in [4.78, 5) is 3.86. The standard InChI is InChI=1S/C13H17N3O3S/c1-2-6-15-20(17,18)16-8-11-4-3-5-12(7-11)13-9-14-10-19-13/h3-5,7,9-10,15-16H,2,6,8H2,1H3. The summed E-state index contributed by atoms with van der Waals surface area (Å²) in [6, 6.07) is 7.44. The molecule has 1 aromatic carbocycles. The van der Waals surface area contributed by atoms with Gasteiger partial charge in [0.2, 0.25) is 0 Å². The Bertz CT molecular complexity index is 639. The van der Waals surface area contributed by atoms with Crippen molar-refractivity contribution in [1.82, 2.24) is 14.4 Å². The van der Waals surface area contributed by atoms with E-state index in [2.05, 4.69) is 14.4 Å². The molecule has 2 rings (SSSR count). The topological polar surface area (TPSA) is 84.2 Å². The fraction of sp³-hybridized carbons (Fsp3) is 0.308. The quantitative estimate of drug-likeness (QED) is 0.814. The van der Waals surface area contributed by atoms with Gasteiger partial charge in [-0.25, -0.2) is 9.71 Å². The maximum atomic E-state index is 11.6. The molecule has 0 aliphatic heterocycles. The molecule has 20 heavy (non-hydrogen) atoms. The van der Waals surface area contributed by atoms with Gasteiger partial charge >= 0.3 is 0 Å². The second kappa shape index (κ2) is 6.65. The third kappa shape index (κ3) is 4.16. The summed E-state index contributed by atoms with van der Waals surface area (Å²) in [5.74, 6) is 0.652. The zero-order chi connectivity index (χ0) is 14.4. The molecule has 0 unspecified atom stereocenters. The van der Waals surface area contributed by atoms with Gasteiger partial charge in [0.1, 0.15) is 0 Å². The molecule has 1 heterocycles. The summed E-state index contributed by atoms with van der Waals surface area (Å²) in [6.45, 7) is 2.55. The summed E-state index contributed by atoms with van der Waals surface area (Å²) >= 11 is 0. The lowest BCUT2D eigenvalue weighted by Crippen LogP contribution is -2.36. The lowest BCUT2D eigenvalue weighted by Gasteiger charge is -2.08. The van der Waals surface area contributed by atoms with Crippen molar-refractivity contribution in [2.45, 2.75) is 19.9 Å². The third-order valence-electron chi connectivity index (χ3n) is 2.65. The van der Waals surface area contributed by atoms with E-state index in [0.29, 0.717) is 12.3 Å². The van der Waals surface area contributed by atoms with Crippen molar-refractivity contribution in [2.24, 2.45) is 0 Å². The van der Waals surface area contributed by atoms with Crippen LogP contribution in [0.1, 0.15) is 18.9 Å². The number of hydrogen-bond acceptors (Lipinski definition) is 4. The van der Waals surface area contributed by atoms with Crippen LogP contribution in [-0.2, 0) is 16.8 Å². The second-order valence-electron chi connectivity index (χ2n) is 4.28. The lowest BCUT2D eigenvalue weighted by molar-refractivity contribution is 0.565. The van der Waals surface area contributed by atoms with E-state index in [1.165, 1.54) is 6.39 Å². The van der Waals surface area contributed by atoms with Crippen molar-refractivity contribution in [3.63, 3.8) is 0 Å². The highest BCUT2D eigenvalue weighted by molar-refractivity contribution is 7.87. The average Bonchev–Trinajstić information content (AvgIpc) is 2.98. The zero-order valence-electron chi connectivity index (χ0n) is 11.2. The number of benzene rings is 1. The number of aromatic nitrogens is 1. The second-order valence-corrected chi connectivity index (χ2v) is 5.87. The van der Waals surface area contributed by atoms with Crippen LogP contribution in [0, 0.1) is 0 Å². The molecule has 0 aliphatic rings. The minimum Gasteiger partial charge on any atom is -0.444 e. The first-order chi connectivity index (χ1) is 9.61. The lowest BCUT2D eigenvalue weighted by atomic mass is 10.1. The smallest absolute Gasteiger partial charge is 0.277 e. The van der Waals surface area contributed by atoms with Crippen LogP contribution in [-0.4, -0.2) is 19.9 Å². The number of nitrogens with one attached hydrogen (secondary N) is 2. The maximum Gasteiger partial charge on any atom is 0.277 e. The van der Waals surface area contributed by atoms with Crippen molar-refractivity contribution >= 4 is 10.2 Å². The van der Waals surface area contributed by atoms with Crippen LogP contribution in [0.25, 0.3) is 11.3 Å². The molecule has 0 saturated heterocycles. The molecular formula is C13H17N3O3S. The van der Waals surface area contributed by atoms with E-state index in [4.69, 9.17) is 4.42 Å². The molecule has 0 radical (unpaired) electrons. The molecule has 1 aromatic heterocycles. The Morgan fingerprint density at radius 1 is 1.30 bits per heavy atom. The predicted octanol–water partition coefficient (Wildman–Crippen LogP) is 1.68. The third-order valence-corrected chi connectivity index (χ3v) is 3.76. The van der Waals surface area contributed by atoms with Crippen molar-refractivity contribution in [2.75, 3.05) is 6.54 Å². The van der Waals surface area contributed by atoms with E-state index in [0.717, 1.165) is 17.5 Å². The van der Waals surface area contributed by atoms with E-state index in [1.54, 1.807) is 6.20 Å². The van der Waals surface area contributed by atoms with Crippen LogP contribution in [0.5, 0.6) is 0 Å². The molecular weight excluding hydrogens is 278 g/mol. The molecule has 0 saturated carbocycles. The van der Waals surface area contributed by atoms with Crippen LogP contribution in [0.2, 0.25) is 0 Å². The van der Waals surface area contributed by atoms with Crippen LogP contribution < -0.4 is 9.44 Å². The van der Waals surface area contributed by atoms with Crippen LogP contribution >= 0.6 is 0 Å². The van der Waals surface area contributed by atoms with Gasteiger partial charge in [0.05, 0.1) is 6.20 Å². The van der Waals surface area contributed by atoms with E-state index in [-0.39, 0.29) is 6.54 Å². The predicted molar refractivity (Wildman–Crippen MR) is 76.0 cm³/mol. The molecule has 0 atom stereocenters. The molecule has 0 fully saturated rings. The monoisotopic (exact) mass is 295 g/mol. The first-order valence-electron chi connectivity index (χ1n) is 6.33. The van der Waals surface area contributed by atoms with Gasteiger partial charge in [-0.15, -0.1) is 0 Å². The van der Waals surface area contributed by atoms with Gasteiger partial charge in [-0.05, 0) is 18.1 Å². The highest BCUT2D eigenvalue weighted by Gasteiger charge is 2.08. The van der Waals surface area contributed by atoms with Crippen molar-refractivity contribution < 1.29 is 12.8 Å². The summed E-state index contributed by atoms with van der Waals surface area (Å²) in [5.41, 5.74) is 1.71. The van der Waals surface area contributed by atoms with Gasteiger partial charge in [0.25, 0.3) is 10.2 Å². The molecule has 0 bridgehead atoms. The molecule has 2 aromatic rings. The maximum absolute atomic E-state index is 11.6. The van der Waals surface area contributed by atoms with Gasteiger partial charge in [0, 0.05) is 18.7 Å². The Kier molecular flexibility index (Phi) is 4.89. The number of hydrogen-bond donors (Lipinski definition) is 2.